The van der Waals surface area contributed by atoms with Crippen molar-refractivity contribution in [1.82, 2.24) is 15.1 Å². The Bertz CT molecular complexity index is 515. The van der Waals surface area contributed by atoms with Crippen LogP contribution in [0.25, 0.3) is 11.7 Å². The summed E-state index contributed by atoms with van der Waals surface area (Å²) in [5.74, 6) is 2.15. The highest BCUT2D eigenvalue weighted by Crippen LogP contribution is 2.24. The summed E-state index contributed by atoms with van der Waals surface area (Å²) in [5, 5.41) is 3.87. The number of oxazole rings is 1. The Kier molecular flexibility index (Phi) is 2.97. The molecule has 6 heteroatoms. The lowest BCUT2D eigenvalue weighted by Crippen LogP contribution is -2.18. The van der Waals surface area contributed by atoms with Crippen LogP contribution in [0.2, 0.25) is 0 Å². The lowest BCUT2D eigenvalue weighted by Gasteiger charge is -2.09. The van der Waals surface area contributed by atoms with Crippen molar-refractivity contribution in [3.8, 4) is 11.7 Å². The maximum Gasteiger partial charge on any atom is 0.295 e. The Hall–Kier alpha value is -1.69. The van der Waals surface area contributed by atoms with Gasteiger partial charge in [-0.25, -0.2) is 4.98 Å². The Morgan fingerprint density at radius 2 is 1.88 bits per heavy atom. The third kappa shape index (κ3) is 2.21. The van der Waals surface area contributed by atoms with Gasteiger partial charge in [-0.1, -0.05) is 19.0 Å². The molecule has 0 spiro atoms. The molecule has 2 heterocycles. The average molecular weight is 236 g/mol. The van der Waals surface area contributed by atoms with Crippen LogP contribution in [0.4, 0.5) is 0 Å². The first-order chi connectivity index (χ1) is 7.99. The standard InChI is InChI=1S/C11H16N4O2/c1-5(2)8(12)10-14-11(17-15-10)9-6(3)13-7(4)16-9/h5,8H,12H2,1-4H3. The highest BCUT2D eigenvalue weighted by molar-refractivity contribution is 5.47. The SMILES string of the molecule is Cc1nc(C)c(-c2nc(C(N)C(C)C)no2)o1. The highest BCUT2D eigenvalue weighted by atomic mass is 16.5. The second-order valence-electron chi connectivity index (χ2n) is 4.37. The van der Waals surface area contributed by atoms with Gasteiger partial charge in [0.1, 0.15) is 0 Å². The lowest BCUT2D eigenvalue weighted by atomic mass is 10.1. The average Bonchev–Trinajstić information content (AvgIpc) is 2.83. The van der Waals surface area contributed by atoms with E-state index in [2.05, 4.69) is 15.1 Å². The lowest BCUT2D eigenvalue weighted by molar-refractivity contribution is 0.389. The van der Waals surface area contributed by atoms with Crippen LogP contribution in [-0.2, 0) is 0 Å². The Balaban J connectivity index is 2.33. The molecule has 0 aromatic carbocycles. The molecule has 0 aliphatic heterocycles. The first kappa shape index (κ1) is 11.8. The number of nitrogens with two attached hydrogens (primary N) is 1. The number of hydrogen-bond acceptors (Lipinski definition) is 6. The number of nitrogens with zero attached hydrogens (tertiary/aromatic N) is 3. The van der Waals surface area contributed by atoms with Crippen LogP contribution in [0, 0.1) is 19.8 Å². The molecule has 0 saturated carbocycles. The molecule has 2 rings (SSSR count). The molecule has 92 valence electrons. The minimum Gasteiger partial charge on any atom is -0.436 e. The second-order valence-corrected chi connectivity index (χ2v) is 4.37. The first-order valence-corrected chi connectivity index (χ1v) is 5.52. The highest BCUT2D eigenvalue weighted by Gasteiger charge is 2.21. The van der Waals surface area contributed by atoms with Gasteiger partial charge in [0.05, 0.1) is 11.7 Å². The van der Waals surface area contributed by atoms with E-state index in [9.17, 15) is 0 Å². The van der Waals surface area contributed by atoms with E-state index in [0.717, 1.165) is 5.69 Å². The van der Waals surface area contributed by atoms with Crippen molar-refractivity contribution < 1.29 is 8.94 Å². The number of rotatable bonds is 3. The Labute approximate surface area is 99.2 Å². The maximum atomic E-state index is 5.94. The molecule has 0 aliphatic carbocycles. The zero-order valence-electron chi connectivity index (χ0n) is 10.4. The summed E-state index contributed by atoms with van der Waals surface area (Å²) in [6, 6.07) is -0.239. The second kappa shape index (κ2) is 4.29. The molecule has 1 atom stereocenters. The van der Waals surface area contributed by atoms with Crippen LogP contribution in [-0.4, -0.2) is 15.1 Å². The molecule has 17 heavy (non-hydrogen) atoms. The van der Waals surface area contributed by atoms with E-state index < -0.39 is 0 Å². The summed E-state index contributed by atoms with van der Waals surface area (Å²) in [6.45, 7) is 7.61. The Morgan fingerprint density at radius 1 is 1.18 bits per heavy atom. The zero-order chi connectivity index (χ0) is 12.6. The van der Waals surface area contributed by atoms with Gasteiger partial charge in [-0.2, -0.15) is 4.98 Å². The van der Waals surface area contributed by atoms with Gasteiger partial charge in [-0.3, -0.25) is 0 Å². The van der Waals surface area contributed by atoms with Gasteiger partial charge in [0, 0.05) is 6.92 Å². The largest absolute Gasteiger partial charge is 0.436 e. The summed E-state index contributed by atoms with van der Waals surface area (Å²) >= 11 is 0. The van der Waals surface area contributed by atoms with E-state index in [4.69, 9.17) is 14.7 Å². The summed E-state index contributed by atoms with van der Waals surface area (Å²) < 4.78 is 10.5. The zero-order valence-corrected chi connectivity index (χ0v) is 10.4. The molecule has 0 fully saturated rings. The smallest absolute Gasteiger partial charge is 0.295 e. The predicted octanol–water partition coefficient (Wildman–Crippen LogP) is 2.00. The van der Waals surface area contributed by atoms with Crippen molar-refractivity contribution in [2.24, 2.45) is 11.7 Å². The van der Waals surface area contributed by atoms with Crippen molar-refractivity contribution >= 4 is 0 Å². The van der Waals surface area contributed by atoms with E-state index in [1.54, 1.807) is 6.92 Å². The Morgan fingerprint density at radius 3 is 2.41 bits per heavy atom. The van der Waals surface area contributed by atoms with Crippen molar-refractivity contribution in [3.63, 3.8) is 0 Å². The van der Waals surface area contributed by atoms with Crippen LogP contribution >= 0.6 is 0 Å². The number of hydrogen-bond donors (Lipinski definition) is 1. The molecule has 1 unspecified atom stereocenters. The normalized spacial score (nSPS) is 13.3. The minimum absolute atomic E-state index is 0.239. The van der Waals surface area contributed by atoms with Gasteiger partial charge in [0.15, 0.2) is 11.7 Å². The van der Waals surface area contributed by atoms with Gasteiger partial charge < -0.3 is 14.7 Å². The van der Waals surface area contributed by atoms with Crippen LogP contribution in [0.5, 0.6) is 0 Å². The van der Waals surface area contributed by atoms with E-state index in [-0.39, 0.29) is 12.0 Å². The fourth-order valence-corrected chi connectivity index (χ4v) is 1.49. The number of aromatic nitrogens is 3. The van der Waals surface area contributed by atoms with Crippen molar-refractivity contribution in [2.75, 3.05) is 0 Å². The fraction of sp³-hybridized carbons (Fsp3) is 0.545. The van der Waals surface area contributed by atoms with Crippen LogP contribution in [0.15, 0.2) is 8.94 Å². The van der Waals surface area contributed by atoms with Crippen LogP contribution in [0.3, 0.4) is 0 Å². The van der Waals surface area contributed by atoms with Gasteiger partial charge in [0.25, 0.3) is 5.89 Å². The molecular weight excluding hydrogens is 220 g/mol. The van der Waals surface area contributed by atoms with E-state index in [0.29, 0.717) is 23.4 Å². The van der Waals surface area contributed by atoms with Crippen LogP contribution < -0.4 is 5.73 Å². The molecule has 0 saturated heterocycles. The van der Waals surface area contributed by atoms with E-state index in [1.165, 1.54) is 0 Å². The van der Waals surface area contributed by atoms with Gasteiger partial charge in [-0.05, 0) is 12.8 Å². The van der Waals surface area contributed by atoms with E-state index in [1.807, 2.05) is 20.8 Å². The minimum atomic E-state index is -0.239. The van der Waals surface area contributed by atoms with Crippen molar-refractivity contribution in [1.29, 1.82) is 0 Å². The van der Waals surface area contributed by atoms with E-state index >= 15 is 0 Å². The van der Waals surface area contributed by atoms with Crippen molar-refractivity contribution in [2.45, 2.75) is 33.7 Å². The fourth-order valence-electron chi connectivity index (χ4n) is 1.49. The number of aryl methyl sites for hydroxylation is 2. The quantitative estimate of drug-likeness (QED) is 0.876. The van der Waals surface area contributed by atoms with Gasteiger partial charge in [-0.15, -0.1) is 0 Å². The molecule has 2 aromatic heterocycles. The topological polar surface area (TPSA) is 91.0 Å². The molecule has 0 aliphatic rings. The summed E-state index contributed by atoms with van der Waals surface area (Å²) in [4.78, 5) is 8.39. The molecule has 2 N–H and O–H groups in total. The van der Waals surface area contributed by atoms with Crippen LogP contribution in [0.1, 0.15) is 37.3 Å². The molecular formula is C11H16N4O2. The molecule has 0 radical (unpaired) electrons. The summed E-state index contributed by atoms with van der Waals surface area (Å²) in [6.07, 6.45) is 0. The molecule has 6 nitrogen and oxygen atoms in total. The molecule has 0 bridgehead atoms. The summed E-state index contributed by atoms with van der Waals surface area (Å²) in [5.41, 5.74) is 6.67. The maximum absolute atomic E-state index is 5.94. The molecule has 2 aromatic rings. The monoisotopic (exact) mass is 236 g/mol. The predicted molar refractivity (Wildman–Crippen MR) is 61.0 cm³/mol. The summed E-state index contributed by atoms with van der Waals surface area (Å²) in [7, 11) is 0. The molecule has 0 amide bonds. The first-order valence-electron chi connectivity index (χ1n) is 5.52. The third-order valence-corrected chi connectivity index (χ3v) is 2.56. The van der Waals surface area contributed by atoms with Crippen molar-refractivity contribution in [3.05, 3.63) is 17.4 Å². The van der Waals surface area contributed by atoms with Gasteiger partial charge >= 0.3 is 0 Å². The van der Waals surface area contributed by atoms with Gasteiger partial charge in [0.2, 0.25) is 5.76 Å². The third-order valence-electron chi connectivity index (χ3n) is 2.56.